The molecule has 3 heterocycles. The molecule has 0 amide bonds. The summed E-state index contributed by atoms with van der Waals surface area (Å²) in [5.41, 5.74) is 20.3. The number of hydrogen-bond donors (Lipinski definition) is 0. The van der Waals surface area contributed by atoms with Crippen molar-refractivity contribution in [1.82, 2.24) is 29.1 Å². The van der Waals surface area contributed by atoms with Gasteiger partial charge in [-0.2, -0.15) is 0 Å². The first kappa shape index (κ1) is 43.4. The van der Waals surface area contributed by atoms with Crippen molar-refractivity contribution in [2.75, 3.05) is 0 Å². The Hall–Kier alpha value is -10.0. The van der Waals surface area contributed by atoms with Crippen molar-refractivity contribution >= 4 is 34.0 Å². The minimum absolute atomic E-state index is 0.445. The fraction of sp³-hybridized carbons (Fsp3) is 0.0423. The average Bonchev–Trinajstić information content (AvgIpc) is 4.41. The molecule has 0 atom stereocenters. The van der Waals surface area contributed by atoms with Gasteiger partial charge in [0.05, 0.1) is 27.1 Å². The van der Waals surface area contributed by atoms with Gasteiger partial charge >= 0.3 is 0 Å². The molecule has 10 aromatic carbocycles. The van der Waals surface area contributed by atoms with Crippen LogP contribution in [0.2, 0.25) is 0 Å². The Morgan fingerprint density at radius 3 is 1.56 bits per heavy atom. The molecule has 13 aromatic rings. The zero-order valence-corrected chi connectivity index (χ0v) is 41.8. The second kappa shape index (κ2) is 17.0. The van der Waals surface area contributed by atoms with Gasteiger partial charge in [-0.05, 0) is 117 Å². The van der Waals surface area contributed by atoms with Crippen LogP contribution in [0.3, 0.4) is 0 Å². The standard InChI is InChI=1S/C71H46N6/c1-3-18-47(19-4-1)70-72-63-31-14-16-33-66(63)77(70)52-23-17-20-49(42-52)68-73-67(46-36-34-45(35-37-46)48-39-41-65-58(43-48)56-27-10-15-32-64(56)76(65)51-21-5-2-6-22-51)74-69(75-68)50-38-40-62-57(44-50)55-26-9-13-30-61(55)71(62)59-28-11-7-24-53(59)54-25-8-12-29-60(54)71/h1-13,15,17-44H,14,16H2. The molecule has 360 valence electrons. The molecule has 0 N–H and O–H groups in total. The smallest absolute Gasteiger partial charge is 0.164 e. The zero-order valence-electron chi connectivity index (χ0n) is 41.8. The van der Waals surface area contributed by atoms with Gasteiger partial charge in [-0.25, -0.2) is 19.9 Å². The van der Waals surface area contributed by atoms with Gasteiger partial charge in [0.15, 0.2) is 17.5 Å². The van der Waals surface area contributed by atoms with Crippen LogP contribution in [-0.4, -0.2) is 29.1 Å². The van der Waals surface area contributed by atoms with Crippen molar-refractivity contribution < 1.29 is 0 Å². The summed E-state index contributed by atoms with van der Waals surface area (Å²) < 4.78 is 4.64. The van der Waals surface area contributed by atoms with E-state index in [0.717, 1.165) is 74.1 Å². The lowest BCUT2D eigenvalue weighted by atomic mass is 9.70. The fourth-order valence-electron chi connectivity index (χ4n) is 12.9. The van der Waals surface area contributed by atoms with Crippen LogP contribution in [0.4, 0.5) is 0 Å². The summed E-state index contributed by atoms with van der Waals surface area (Å²) in [5.74, 6) is 2.72. The van der Waals surface area contributed by atoms with E-state index >= 15 is 0 Å². The molecule has 0 radical (unpaired) electrons. The predicted octanol–water partition coefficient (Wildman–Crippen LogP) is 15.2. The molecule has 6 nitrogen and oxygen atoms in total. The maximum absolute atomic E-state index is 5.41. The number of benzene rings is 10. The molecule has 3 aromatic heterocycles. The average molecular weight is 983 g/mol. The minimum Gasteiger partial charge on any atom is -0.309 e. The molecule has 3 aliphatic carbocycles. The fourth-order valence-corrected chi connectivity index (χ4v) is 12.9. The van der Waals surface area contributed by atoms with E-state index in [1.807, 2.05) is 0 Å². The number of hydrogen-bond acceptors (Lipinski definition) is 4. The van der Waals surface area contributed by atoms with Crippen molar-refractivity contribution in [2.45, 2.75) is 18.3 Å². The van der Waals surface area contributed by atoms with Crippen LogP contribution >= 0.6 is 0 Å². The third kappa shape index (κ3) is 6.55. The highest BCUT2D eigenvalue weighted by molar-refractivity contribution is 6.10. The highest BCUT2D eigenvalue weighted by Gasteiger charge is 2.51. The Bertz CT molecular complexity index is 4640. The van der Waals surface area contributed by atoms with E-state index < -0.39 is 5.41 Å². The van der Waals surface area contributed by atoms with Crippen molar-refractivity contribution in [3.05, 3.63) is 276 Å². The quantitative estimate of drug-likeness (QED) is 0.160. The number of nitrogens with zero attached hydrogens (tertiary/aromatic N) is 6. The van der Waals surface area contributed by atoms with Crippen LogP contribution in [0.15, 0.2) is 243 Å². The summed E-state index contributed by atoms with van der Waals surface area (Å²) in [7, 11) is 0. The summed E-state index contributed by atoms with van der Waals surface area (Å²) >= 11 is 0. The largest absolute Gasteiger partial charge is 0.309 e. The second-order valence-corrected chi connectivity index (χ2v) is 20.4. The lowest BCUT2D eigenvalue weighted by molar-refractivity contribution is 0.794. The van der Waals surface area contributed by atoms with Crippen LogP contribution in [0.1, 0.15) is 35.1 Å². The molecular weight excluding hydrogens is 937 g/mol. The Kier molecular flexibility index (Phi) is 9.57. The van der Waals surface area contributed by atoms with Crippen LogP contribution in [0, 0.1) is 0 Å². The molecule has 6 heteroatoms. The number of para-hydroxylation sites is 2. The molecule has 0 saturated carbocycles. The van der Waals surface area contributed by atoms with Gasteiger partial charge in [0.2, 0.25) is 0 Å². The maximum atomic E-state index is 5.41. The summed E-state index contributed by atoms with van der Waals surface area (Å²) in [5, 5.41) is 4.56. The summed E-state index contributed by atoms with van der Waals surface area (Å²) in [6, 6.07) is 87.5. The minimum atomic E-state index is -0.445. The van der Waals surface area contributed by atoms with Crippen molar-refractivity contribution in [3.8, 4) is 90.3 Å². The summed E-state index contributed by atoms with van der Waals surface area (Å²) in [6.07, 6.45) is 6.50. The van der Waals surface area contributed by atoms with E-state index in [1.54, 1.807) is 0 Å². The molecule has 3 aliphatic rings. The van der Waals surface area contributed by atoms with E-state index in [0.29, 0.717) is 17.5 Å². The molecule has 0 unspecified atom stereocenters. The topological polar surface area (TPSA) is 61.4 Å². The van der Waals surface area contributed by atoms with Crippen LogP contribution in [0.25, 0.3) is 124 Å². The van der Waals surface area contributed by atoms with Gasteiger partial charge in [-0.15, -0.1) is 0 Å². The first-order chi connectivity index (χ1) is 38.2. The molecule has 0 fully saturated rings. The lowest BCUT2D eigenvalue weighted by Gasteiger charge is -2.30. The lowest BCUT2D eigenvalue weighted by Crippen LogP contribution is -2.31. The van der Waals surface area contributed by atoms with Gasteiger partial charge in [-0.1, -0.05) is 206 Å². The van der Waals surface area contributed by atoms with E-state index in [1.165, 1.54) is 66.3 Å². The third-order valence-corrected chi connectivity index (χ3v) is 16.2. The van der Waals surface area contributed by atoms with Crippen molar-refractivity contribution in [1.29, 1.82) is 0 Å². The zero-order chi connectivity index (χ0) is 50.6. The van der Waals surface area contributed by atoms with Gasteiger partial charge in [-0.3, -0.25) is 4.57 Å². The van der Waals surface area contributed by atoms with Crippen LogP contribution < -0.4 is 10.7 Å². The molecular formula is C71H46N6. The second-order valence-electron chi connectivity index (χ2n) is 20.4. The molecule has 0 aliphatic heterocycles. The van der Waals surface area contributed by atoms with E-state index in [-0.39, 0.29) is 0 Å². The maximum Gasteiger partial charge on any atom is 0.164 e. The first-order valence-corrected chi connectivity index (χ1v) is 26.5. The summed E-state index contributed by atoms with van der Waals surface area (Å²) in [6.45, 7) is 0. The number of aromatic nitrogens is 6. The monoisotopic (exact) mass is 982 g/mol. The van der Waals surface area contributed by atoms with E-state index in [9.17, 15) is 0 Å². The van der Waals surface area contributed by atoms with Gasteiger partial charge in [0.25, 0.3) is 0 Å². The normalized spacial score (nSPS) is 13.4. The molecule has 0 bridgehead atoms. The van der Waals surface area contributed by atoms with E-state index in [2.05, 4.69) is 264 Å². The Balaban J connectivity index is 0.854. The van der Waals surface area contributed by atoms with Crippen molar-refractivity contribution in [2.24, 2.45) is 0 Å². The summed E-state index contributed by atoms with van der Waals surface area (Å²) in [4.78, 5) is 21.4. The Morgan fingerprint density at radius 1 is 0.312 bits per heavy atom. The molecule has 1 spiro atoms. The van der Waals surface area contributed by atoms with Crippen LogP contribution in [-0.2, 0) is 5.41 Å². The molecule has 0 saturated heterocycles. The van der Waals surface area contributed by atoms with Gasteiger partial charge in [0, 0.05) is 44.4 Å². The number of fused-ring (bicyclic) bond motifs is 14. The third-order valence-electron chi connectivity index (χ3n) is 16.2. The Labute approximate surface area is 445 Å². The molecule has 77 heavy (non-hydrogen) atoms. The number of imidazole rings is 1. The Morgan fingerprint density at radius 2 is 0.831 bits per heavy atom. The SMILES string of the molecule is C1=c2nc(-c3ccccc3)n(-c3cccc(-c4nc(-c5ccc(-c6ccc7c(c6)c6ccccc6n7-c6ccccc6)cc5)nc(-c5ccc6c(c5)-c5ccccc5C65c6ccccc6-c6ccccc65)n4)c3)c2=CCC1. The number of rotatable bonds is 7. The predicted molar refractivity (Wildman–Crippen MR) is 312 cm³/mol. The van der Waals surface area contributed by atoms with Gasteiger partial charge in [0.1, 0.15) is 5.82 Å². The molecule has 16 rings (SSSR count). The highest BCUT2D eigenvalue weighted by atomic mass is 15.1. The van der Waals surface area contributed by atoms with Crippen LogP contribution in [0.5, 0.6) is 0 Å². The van der Waals surface area contributed by atoms with Crippen molar-refractivity contribution in [3.63, 3.8) is 0 Å². The highest BCUT2D eigenvalue weighted by Crippen LogP contribution is 2.63. The van der Waals surface area contributed by atoms with E-state index in [4.69, 9.17) is 19.9 Å². The first-order valence-electron chi connectivity index (χ1n) is 26.5. The van der Waals surface area contributed by atoms with Gasteiger partial charge < -0.3 is 4.57 Å².